The summed E-state index contributed by atoms with van der Waals surface area (Å²) in [6.45, 7) is 7.12. The molecule has 2 N–H and O–H groups in total. The van der Waals surface area contributed by atoms with E-state index in [0.29, 0.717) is 16.7 Å². The van der Waals surface area contributed by atoms with Gasteiger partial charge in [0.1, 0.15) is 0 Å². The maximum absolute atomic E-state index is 6.37. The highest BCUT2D eigenvalue weighted by molar-refractivity contribution is 7.99. The van der Waals surface area contributed by atoms with Gasteiger partial charge in [0.25, 0.3) is 0 Å². The van der Waals surface area contributed by atoms with Crippen LogP contribution in [-0.2, 0) is 5.75 Å². The van der Waals surface area contributed by atoms with Crippen LogP contribution in [0.1, 0.15) is 52.0 Å². The van der Waals surface area contributed by atoms with E-state index in [4.69, 9.17) is 17.3 Å². The summed E-state index contributed by atoms with van der Waals surface area (Å²) < 4.78 is 0. The monoisotopic (exact) mass is 325 g/mol. The van der Waals surface area contributed by atoms with E-state index in [1.807, 2.05) is 23.9 Å². The van der Waals surface area contributed by atoms with Crippen LogP contribution in [0.4, 0.5) is 0 Å². The van der Waals surface area contributed by atoms with Crippen molar-refractivity contribution in [1.82, 2.24) is 0 Å². The number of halogens is 1. The fourth-order valence-corrected chi connectivity index (χ4v) is 4.83. The Kier molecular flexibility index (Phi) is 6.05. The van der Waals surface area contributed by atoms with Crippen molar-refractivity contribution in [2.24, 2.45) is 17.1 Å². The summed E-state index contributed by atoms with van der Waals surface area (Å²) in [5, 5.41) is 1.44. The van der Waals surface area contributed by atoms with Crippen LogP contribution in [0, 0.1) is 11.3 Å². The Labute approximate surface area is 139 Å². The molecule has 0 bridgehead atoms. The molecule has 1 nitrogen and oxygen atoms in total. The highest BCUT2D eigenvalue weighted by atomic mass is 35.5. The number of rotatable bonds is 5. The number of thioether (sulfide) groups is 1. The van der Waals surface area contributed by atoms with Crippen molar-refractivity contribution in [3.05, 3.63) is 34.9 Å². The normalized spacial score (nSPS) is 26.8. The van der Waals surface area contributed by atoms with Crippen LogP contribution in [0.5, 0.6) is 0 Å². The summed E-state index contributed by atoms with van der Waals surface area (Å²) in [6.07, 6.45) is 4.94. The zero-order valence-corrected chi connectivity index (χ0v) is 15.0. The van der Waals surface area contributed by atoms with E-state index in [9.17, 15) is 0 Å². The molecule has 2 rings (SSSR count). The lowest BCUT2D eigenvalue weighted by Gasteiger charge is -2.42. The summed E-state index contributed by atoms with van der Waals surface area (Å²) >= 11 is 8.25. The van der Waals surface area contributed by atoms with Gasteiger partial charge in [0.05, 0.1) is 0 Å². The van der Waals surface area contributed by atoms with Crippen LogP contribution in [0.15, 0.2) is 24.3 Å². The molecule has 1 aliphatic carbocycles. The van der Waals surface area contributed by atoms with Gasteiger partial charge < -0.3 is 5.73 Å². The molecule has 0 radical (unpaired) electrons. The van der Waals surface area contributed by atoms with Gasteiger partial charge in [-0.25, -0.2) is 0 Å². The number of nitrogens with two attached hydrogens (primary N) is 1. The molecule has 3 heteroatoms. The summed E-state index contributed by atoms with van der Waals surface area (Å²) in [4.78, 5) is 0. The molecule has 0 spiro atoms. The summed E-state index contributed by atoms with van der Waals surface area (Å²) in [5.41, 5.74) is 8.04. The third-order valence-electron chi connectivity index (χ3n) is 5.27. The average Bonchev–Trinajstić information content (AvgIpc) is 2.47. The standard InChI is InChI=1S/C18H28ClNS/c1-4-18(2,3)14-9-10-16(20)17(11-14)21-12-13-7-5-6-8-15(13)19/h5-8,14,16-17H,4,9-12,20H2,1-3H3. The molecule has 0 aromatic heterocycles. The molecule has 0 saturated heterocycles. The summed E-state index contributed by atoms with van der Waals surface area (Å²) in [5.74, 6) is 1.77. The van der Waals surface area contributed by atoms with Crippen LogP contribution in [0.3, 0.4) is 0 Å². The SMILES string of the molecule is CCC(C)(C)C1CCC(N)C(SCc2ccccc2Cl)C1. The second-order valence-electron chi connectivity index (χ2n) is 6.96. The molecule has 21 heavy (non-hydrogen) atoms. The Morgan fingerprint density at radius 2 is 2.00 bits per heavy atom. The molecule has 0 amide bonds. The van der Waals surface area contributed by atoms with Crippen molar-refractivity contribution in [3.63, 3.8) is 0 Å². The van der Waals surface area contributed by atoms with E-state index in [0.717, 1.165) is 23.1 Å². The molecule has 1 aliphatic rings. The van der Waals surface area contributed by atoms with E-state index >= 15 is 0 Å². The van der Waals surface area contributed by atoms with Gasteiger partial charge in [-0.1, -0.05) is 57.0 Å². The third kappa shape index (κ3) is 4.40. The molecule has 1 saturated carbocycles. The Hall–Kier alpha value is -0.180. The highest BCUT2D eigenvalue weighted by Gasteiger charge is 2.36. The van der Waals surface area contributed by atoms with Crippen molar-refractivity contribution in [3.8, 4) is 0 Å². The zero-order valence-electron chi connectivity index (χ0n) is 13.4. The fraction of sp³-hybridized carbons (Fsp3) is 0.667. The lowest BCUT2D eigenvalue weighted by atomic mass is 9.69. The molecule has 3 atom stereocenters. The smallest absolute Gasteiger partial charge is 0.0446 e. The van der Waals surface area contributed by atoms with E-state index in [1.165, 1.54) is 24.8 Å². The number of hydrogen-bond acceptors (Lipinski definition) is 2. The average molecular weight is 326 g/mol. The molecule has 1 aromatic rings. The van der Waals surface area contributed by atoms with E-state index in [2.05, 4.69) is 32.9 Å². The van der Waals surface area contributed by atoms with Gasteiger partial charge in [0.2, 0.25) is 0 Å². The highest BCUT2D eigenvalue weighted by Crippen LogP contribution is 2.43. The minimum absolute atomic E-state index is 0.335. The van der Waals surface area contributed by atoms with Gasteiger partial charge in [-0.3, -0.25) is 0 Å². The lowest BCUT2D eigenvalue weighted by Crippen LogP contribution is -2.42. The van der Waals surface area contributed by atoms with E-state index in [-0.39, 0.29) is 0 Å². The van der Waals surface area contributed by atoms with Gasteiger partial charge in [-0.15, -0.1) is 0 Å². The minimum Gasteiger partial charge on any atom is -0.327 e. The van der Waals surface area contributed by atoms with E-state index in [1.54, 1.807) is 0 Å². The first-order chi connectivity index (χ1) is 9.94. The second kappa shape index (κ2) is 7.39. The molecular formula is C18H28ClNS. The first-order valence-electron chi connectivity index (χ1n) is 8.04. The van der Waals surface area contributed by atoms with E-state index < -0.39 is 0 Å². The Balaban J connectivity index is 1.96. The van der Waals surface area contributed by atoms with Gasteiger partial charge in [-0.2, -0.15) is 11.8 Å². The molecular weight excluding hydrogens is 298 g/mol. The van der Waals surface area contributed by atoms with Crippen LogP contribution in [-0.4, -0.2) is 11.3 Å². The van der Waals surface area contributed by atoms with Crippen LogP contribution in [0.25, 0.3) is 0 Å². The topological polar surface area (TPSA) is 26.0 Å². The fourth-order valence-electron chi connectivity index (χ4n) is 3.15. The van der Waals surface area contributed by atoms with Crippen LogP contribution < -0.4 is 5.73 Å². The molecule has 1 aromatic carbocycles. The predicted octanol–water partition coefficient (Wildman–Crippen LogP) is 5.51. The first-order valence-corrected chi connectivity index (χ1v) is 9.47. The molecule has 3 unspecified atom stereocenters. The van der Waals surface area contributed by atoms with Gasteiger partial charge in [0.15, 0.2) is 0 Å². The maximum Gasteiger partial charge on any atom is 0.0446 e. The largest absolute Gasteiger partial charge is 0.327 e. The number of hydrogen-bond donors (Lipinski definition) is 1. The Morgan fingerprint density at radius 1 is 1.29 bits per heavy atom. The maximum atomic E-state index is 6.37. The zero-order chi connectivity index (χ0) is 15.5. The van der Waals surface area contributed by atoms with Gasteiger partial charge >= 0.3 is 0 Å². The third-order valence-corrected chi connectivity index (χ3v) is 7.09. The van der Waals surface area contributed by atoms with Gasteiger partial charge in [-0.05, 0) is 42.2 Å². The van der Waals surface area contributed by atoms with Crippen molar-refractivity contribution in [1.29, 1.82) is 0 Å². The van der Waals surface area contributed by atoms with Crippen LogP contribution >= 0.6 is 23.4 Å². The minimum atomic E-state index is 0.335. The van der Waals surface area contributed by atoms with Crippen molar-refractivity contribution in [2.45, 2.75) is 63.5 Å². The van der Waals surface area contributed by atoms with Crippen molar-refractivity contribution >= 4 is 23.4 Å². The summed E-state index contributed by atoms with van der Waals surface area (Å²) in [7, 11) is 0. The second-order valence-corrected chi connectivity index (χ2v) is 8.59. The predicted molar refractivity (Wildman–Crippen MR) is 95.9 cm³/mol. The molecule has 0 heterocycles. The quantitative estimate of drug-likeness (QED) is 0.773. The lowest BCUT2D eigenvalue weighted by molar-refractivity contribution is 0.148. The molecule has 0 aliphatic heterocycles. The van der Waals surface area contributed by atoms with Crippen molar-refractivity contribution in [2.75, 3.05) is 0 Å². The number of benzene rings is 1. The first kappa shape index (κ1) is 17.2. The Morgan fingerprint density at radius 3 is 2.67 bits per heavy atom. The Bertz CT molecular complexity index is 460. The molecule has 118 valence electrons. The summed E-state index contributed by atoms with van der Waals surface area (Å²) in [6, 6.07) is 8.48. The van der Waals surface area contributed by atoms with Gasteiger partial charge in [0, 0.05) is 22.1 Å². The van der Waals surface area contributed by atoms with Crippen LogP contribution in [0.2, 0.25) is 5.02 Å². The van der Waals surface area contributed by atoms with Crippen molar-refractivity contribution < 1.29 is 0 Å². The molecule has 1 fully saturated rings.